The number of carbonyl (C=O) groups excluding carboxylic acids is 1. The molecule has 0 aromatic carbocycles. The van der Waals surface area contributed by atoms with E-state index in [2.05, 4.69) is 0 Å². The Labute approximate surface area is 86.6 Å². The van der Waals surface area contributed by atoms with Crippen LogP contribution in [0.25, 0.3) is 0 Å². The average molecular weight is 198 g/mol. The van der Waals surface area contributed by atoms with E-state index in [1.54, 1.807) is 6.92 Å². The van der Waals surface area contributed by atoms with E-state index in [-0.39, 0.29) is 5.91 Å². The molecule has 1 aliphatic carbocycles. The van der Waals surface area contributed by atoms with Crippen molar-refractivity contribution in [2.45, 2.75) is 39.0 Å². The second-order valence-electron chi connectivity index (χ2n) is 4.26. The summed E-state index contributed by atoms with van der Waals surface area (Å²) in [5.41, 5.74) is 5.45. The molecule has 0 aromatic heterocycles. The molecule has 14 heavy (non-hydrogen) atoms. The van der Waals surface area contributed by atoms with Gasteiger partial charge in [0.15, 0.2) is 0 Å². The quantitative estimate of drug-likeness (QED) is 0.725. The molecule has 0 atom stereocenters. The molecule has 82 valence electrons. The van der Waals surface area contributed by atoms with Gasteiger partial charge in [-0.25, -0.2) is 0 Å². The predicted molar refractivity (Wildman–Crippen MR) is 57.9 cm³/mol. The van der Waals surface area contributed by atoms with Crippen molar-refractivity contribution in [3.05, 3.63) is 0 Å². The van der Waals surface area contributed by atoms with Crippen molar-refractivity contribution in [2.75, 3.05) is 19.6 Å². The molecule has 1 saturated carbocycles. The van der Waals surface area contributed by atoms with Crippen LogP contribution in [0.1, 0.15) is 39.0 Å². The first-order valence-corrected chi connectivity index (χ1v) is 5.69. The maximum absolute atomic E-state index is 11.3. The van der Waals surface area contributed by atoms with Gasteiger partial charge in [0.2, 0.25) is 5.91 Å². The summed E-state index contributed by atoms with van der Waals surface area (Å²) in [5.74, 6) is 0.946. The first kappa shape index (κ1) is 11.5. The molecule has 0 spiro atoms. The topological polar surface area (TPSA) is 46.3 Å². The largest absolute Gasteiger partial charge is 0.343 e. The second-order valence-corrected chi connectivity index (χ2v) is 4.26. The standard InChI is InChI=1S/C11H22N2O/c1-10(14)13(8-4-7-12)9-11-5-2-3-6-11/h11H,2-9,12H2,1H3. The molecule has 2 N–H and O–H groups in total. The Kier molecular flexibility index (Phi) is 4.94. The highest BCUT2D eigenvalue weighted by Gasteiger charge is 2.19. The van der Waals surface area contributed by atoms with E-state index in [1.165, 1.54) is 25.7 Å². The van der Waals surface area contributed by atoms with Gasteiger partial charge in [-0.3, -0.25) is 4.79 Å². The maximum Gasteiger partial charge on any atom is 0.219 e. The number of nitrogens with zero attached hydrogens (tertiary/aromatic N) is 1. The fourth-order valence-corrected chi connectivity index (χ4v) is 2.16. The highest BCUT2D eigenvalue weighted by Crippen LogP contribution is 2.25. The SMILES string of the molecule is CC(=O)N(CCCN)CC1CCCC1. The van der Waals surface area contributed by atoms with Gasteiger partial charge in [-0.15, -0.1) is 0 Å². The fraction of sp³-hybridized carbons (Fsp3) is 0.909. The number of carbonyl (C=O) groups is 1. The zero-order chi connectivity index (χ0) is 10.4. The maximum atomic E-state index is 11.3. The lowest BCUT2D eigenvalue weighted by Gasteiger charge is -2.24. The average Bonchev–Trinajstić information content (AvgIpc) is 2.64. The van der Waals surface area contributed by atoms with Crippen LogP contribution in [0.15, 0.2) is 0 Å². The van der Waals surface area contributed by atoms with Crippen LogP contribution < -0.4 is 5.73 Å². The van der Waals surface area contributed by atoms with E-state index >= 15 is 0 Å². The Bertz CT molecular complexity index is 176. The molecule has 0 saturated heterocycles. The van der Waals surface area contributed by atoms with Gasteiger partial charge in [-0.05, 0) is 31.7 Å². The first-order chi connectivity index (χ1) is 6.74. The van der Waals surface area contributed by atoms with E-state index in [0.29, 0.717) is 6.54 Å². The molecule has 1 aliphatic rings. The third kappa shape index (κ3) is 3.66. The molecule has 1 rings (SSSR count). The van der Waals surface area contributed by atoms with Crippen molar-refractivity contribution < 1.29 is 4.79 Å². The van der Waals surface area contributed by atoms with E-state index < -0.39 is 0 Å². The van der Waals surface area contributed by atoms with Crippen LogP contribution >= 0.6 is 0 Å². The van der Waals surface area contributed by atoms with Gasteiger partial charge in [0.25, 0.3) is 0 Å². The van der Waals surface area contributed by atoms with Crippen molar-refractivity contribution in [3.8, 4) is 0 Å². The Morgan fingerprint density at radius 1 is 1.43 bits per heavy atom. The number of amides is 1. The molecule has 0 aliphatic heterocycles. The molecule has 1 amide bonds. The van der Waals surface area contributed by atoms with E-state index in [0.717, 1.165) is 25.4 Å². The number of rotatable bonds is 5. The van der Waals surface area contributed by atoms with Crippen molar-refractivity contribution >= 4 is 5.91 Å². The summed E-state index contributed by atoms with van der Waals surface area (Å²) in [6, 6.07) is 0. The smallest absolute Gasteiger partial charge is 0.219 e. The van der Waals surface area contributed by atoms with Gasteiger partial charge >= 0.3 is 0 Å². The summed E-state index contributed by atoms with van der Waals surface area (Å²) in [4.78, 5) is 13.3. The van der Waals surface area contributed by atoms with Crippen LogP contribution in [-0.4, -0.2) is 30.4 Å². The zero-order valence-electron chi connectivity index (χ0n) is 9.17. The molecule has 0 aromatic rings. The molecule has 0 bridgehead atoms. The third-order valence-electron chi connectivity index (χ3n) is 3.03. The predicted octanol–water partition coefficient (Wildman–Crippen LogP) is 1.37. The van der Waals surface area contributed by atoms with Gasteiger partial charge in [-0.2, -0.15) is 0 Å². The third-order valence-corrected chi connectivity index (χ3v) is 3.03. The monoisotopic (exact) mass is 198 g/mol. The fourth-order valence-electron chi connectivity index (χ4n) is 2.16. The van der Waals surface area contributed by atoms with Crippen LogP contribution in [0.5, 0.6) is 0 Å². The van der Waals surface area contributed by atoms with Crippen molar-refractivity contribution in [1.82, 2.24) is 4.90 Å². The van der Waals surface area contributed by atoms with E-state index in [4.69, 9.17) is 5.73 Å². The summed E-state index contributed by atoms with van der Waals surface area (Å²) in [6.45, 7) is 4.12. The summed E-state index contributed by atoms with van der Waals surface area (Å²) in [5, 5.41) is 0. The highest BCUT2D eigenvalue weighted by molar-refractivity contribution is 5.73. The van der Waals surface area contributed by atoms with E-state index in [9.17, 15) is 4.79 Å². The summed E-state index contributed by atoms with van der Waals surface area (Å²) in [6.07, 6.45) is 6.20. The molecule has 1 fully saturated rings. The number of nitrogens with two attached hydrogens (primary N) is 1. The highest BCUT2D eigenvalue weighted by atomic mass is 16.2. The van der Waals surface area contributed by atoms with Gasteiger partial charge < -0.3 is 10.6 Å². The van der Waals surface area contributed by atoms with Crippen LogP contribution in [0.3, 0.4) is 0 Å². The molecule has 0 radical (unpaired) electrons. The molecule has 3 heteroatoms. The molecule has 3 nitrogen and oxygen atoms in total. The summed E-state index contributed by atoms with van der Waals surface area (Å²) < 4.78 is 0. The normalized spacial score (nSPS) is 17.3. The van der Waals surface area contributed by atoms with Crippen molar-refractivity contribution in [2.24, 2.45) is 11.7 Å². The van der Waals surface area contributed by atoms with Gasteiger partial charge in [0, 0.05) is 20.0 Å². The molecule has 0 unspecified atom stereocenters. The Hall–Kier alpha value is -0.570. The first-order valence-electron chi connectivity index (χ1n) is 5.69. The van der Waals surface area contributed by atoms with Crippen LogP contribution in [-0.2, 0) is 4.79 Å². The van der Waals surface area contributed by atoms with E-state index in [1.807, 2.05) is 4.90 Å². The minimum atomic E-state index is 0.199. The summed E-state index contributed by atoms with van der Waals surface area (Å²) >= 11 is 0. The van der Waals surface area contributed by atoms with Crippen LogP contribution in [0.4, 0.5) is 0 Å². The lowest BCUT2D eigenvalue weighted by molar-refractivity contribution is -0.129. The number of hydrogen-bond acceptors (Lipinski definition) is 2. The van der Waals surface area contributed by atoms with Gasteiger partial charge in [-0.1, -0.05) is 12.8 Å². The van der Waals surface area contributed by atoms with Gasteiger partial charge in [0.1, 0.15) is 0 Å². The minimum absolute atomic E-state index is 0.199. The number of hydrogen-bond donors (Lipinski definition) is 1. The van der Waals surface area contributed by atoms with Crippen molar-refractivity contribution in [3.63, 3.8) is 0 Å². The molecular weight excluding hydrogens is 176 g/mol. The Balaban J connectivity index is 2.30. The van der Waals surface area contributed by atoms with Gasteiger partial charge in [0.05, 0.1) is 0 Å². The molecular formula is C11H22N2O. The lowest BCUT2D eigenvalue weighted by atomic mass is 10.1. The van der Waals surface area contributed by atoms with Crippen LogP contribution in [0, 0.1) is 5.92 Å². The van der Waals surface area contributed by atoms with Crippen molar-refractivity contribution in [1.29, 1.82) is 0 Å². The van der Waals surface area contributed by atoms with Crippen LogP contribution in [0.2, 0.25) is 0 Å². The Morgan fingerprint density at radius 2 is 2.07 bits per heavy atom. The Morgan fingerprint density at radius 3 is 2.57 bits per heavy atom. The lowest BCUT2D eigenvalue weighted by Crippen LogP contribution is -2.34. The molecule has 0 heterocycles. The zero-order valence-corrected chi connectivity index (χ0v) is 9.17. The summed E-state index contributed by atoms with van der Waals surface area (Å²) in [7, 11) is 0. The minimum Gasteiger partial charge on any atom is -0.343 e. The second kappa shape index (κ2) is 6.02.